The lowest BCUT2D eigenvalue weighted by atomic mass is 9.87. The van der Waals surface area contributed by atoms with Crippen molar-refractivity contribution < 1.29 is 22.7 Å². The van der Waals surface area contributed by atoms with Gasteiger partial charge >= 0.3 is 0 Å². The maximum Gasteiger partial charge on any atom is 0.273 e. The Balaban J connectivity index is 1.95. The lowest BCUT2D eigenvalue weighted by molar-refractivity contribution is 0.102. The van der Waals surface area contributed by atoms with Gasteiger partial charge in [-0.1, -0.05) is 6.42 Å². The first-order valence-corrected chi connectivity index (χ1v) is 7.72. The van der Waals surface area contributed by atoms with Gasteiger partial charge in [0.15, 0.2) is 12.0 Å². The second-order valence-corrected chi connectivity index (χ2v) is 6.51. The standard InChI is InChI=1S/C12H17NO5S/c14-8-11-4-5-12(18-11)19(16,17)13-7-9-2-1-3-10(15)6-9/h4-5,8-10,13,15H,1-3,6-7H2. The Kier molecular flexibility index (Phi) is 4.38. The molecule has 2 unspecified atom stereocenters. The number of sulfonamides is 1. The number of furan rings is 1. The van der Waals surface area contributed by atoms with Crippen molar-refractivity contribution in [2.24, 2.45) is 5.92 Å². The van der Waals surface area contributed by atoms with E-state index in [4.69, 9.17) is 4.42 Å². The summed E-state index contributed by atoms with van der Waals surface area (Å²) in [5.41, 5.74) is 0. The first kappa shape index (κ1) is 14.2. The van der Waals surface area contributed by atoms with Crippen LogP contribution in [0, 0.1) is 5.92 Å². The van der Waals surface area contributed by atoms with E-state index in [0.717, 1.165) is 19.3 Å². The Morgan fingerprint density at radius 2 is 2.21 bits per heavy atom. The second-order valence-electron chi connectivity index (χ2n) is 4.81. The van der Waals surface area contributed by atoms with Crippen LogP contribution in [0.3, 0.4) is 0 Å². The van der Waals surface area contributed by atoms with Crippen molar-refractivity contribution in [1.29, 1.82) is 0 Å². The number of aliphatic hydroxyl groups is 1. The van der Waals surface area contributed by atoms with Gasteiger partial charge in [-0.15, -0.1) is 0 Å². The molecule has 2 atom stereocenters. The summed E-state index contributed by atoms with van der Waals surface area (Å²) < 4.78 is 31.1. The van der Waals surface area contributed by atoms with Gasteiger partial charge in [0.1, 0.15) is 0 Å². The average molecular weight is 287 g/mol. The SMILES string of the molecule is O=Cc1ccc(S(=O)(=O)NCC2CCCC(O)C2)o1. The van der Waals surface area contributed by atoms with Crippen molar-refractivity contribution >= 4 is 16.3 Å². The quantitative estimate of drug-likeness (QED) is 0.785. The molecule has 0 saturated heterocycles. The molecule has 1 saturated carbocycles. The molecule has 0 amide bonds. The van der Waals surface area contributed by atoms with Crippen molar-refractivity contribution in [3.8, 4) is 0 Å². The molecule has 1 aromatic heterocycles. The van der Waals surface area contributed by atoms with Crippen molar-refractivity contribution in [3.63, 3.8) is 0 Å². The van der Waals surface area contributed by atoms with Gasteiger partial charge in [0.25, 0.3) is 10.0 Å². The van der Waals surface area contributed by atoms with Crippen LogP contribution in [0.2, 0.25) is 0 Å². The molecule has 0 spiro atoms. The molecular weight excluding hydrogens is 270 g/mol. The van der Waals surface area contributed by atoms with Crippen LogP contribution in [-0.4, -0.2) is 32.5 Å². The van der Waals surface area contributed by atoms with Crippen LogP contribution >= 0.6 is 0 Å². The van der Waals surface area contributed by atoms with Crippen LogP contribution in [0.5, 0.6) is 0 Å². The minimum Gasteiger partial charge on any atom is -0.440 e. The maximum atomic E-state index is 11.9. The molecule has 1 aliphatic rings. The highest BCUT2D eigenvalue weighted by Gasteiger charge is 2.24. The van der Waals surface area contributed by atoms with Crippen LogP contribution in [-0.2, 0) is 10.0 Å². The number of nitrogens with one attached hydrogen (secondary N) is 1. The number of carbonyl (C=O) groups is 1. The topological polar surface area (TPSA) is 96.6 Å². The van der Waals surface area contributed by atoms with Crippen LogP contribution in [0.25, 0.3) is 0 Å². The Hall–Kier alpha value is -1.18. The number of rotatable bonds is 5. The van der Waals surface area contributed by atoms with Gasteiger partial charge in [0, 0.05) is 6.54 Å². The third-order valence-corrected chi connectivity index (χ3v) is 4.60. The molecule has 2 rings (SSSR count). The van der Waals surface area contributed by atoms with E-state index in [1.54, 1.807) is 0 Å². The molecule has 1 aromatic rings. The first-order chi connectivity index (χ1) is 9.01. The van der Waals surface area contributed by atoms with E-state index >= 15 is 0 Å². The molecule has 0 aliphatic heterocycles. The predicted molar refractivity (Wildman–Crippen MR) is 67.2 cm³/mol. The third kappa shape index (κ3) is 3.65. The maximum absolute atomic E-state index is 11.9. The fourth-order valence-corrected chi connectivity index (χ4v) is 3.34. The first-order valence-electron chi connectivity index (χ1n) is 6.24. The summed E-state index contributed by atoms with van der Waals surface area (Å²) in [7, 11) is -3.72. The van der Waals surface area contributed by atoms with Crippen LogP contribution in [0.4, 0.5) is 0 Å². The lowest BCUT2D eigenvalue weighted by Crippen LogP contribution is -2.32. The summed E-state index contributed by atoms with van der Waals surface area (Å²) in [5.74, 6) is 0.118. The van der Waals surface area contributed by atoms with Crippen LogP contribution in [0.1, 0.15) is 36.2 Å². The van der Waals surface area contributed by atoms with Gasteiger partial charge in [-0.2, -0.15) is 0 Å². The largest absolute Gasteiger partial charge is 0.440 e. The lowest BCUT2D eigenvalue weighted by Gasteiger charge is -2.25. The van der Waals surface area contributed by atoms with E-state index < -0.39 is 10.0 Å². The predicted octanol–water partition coefficient (Wildman–Crippen LogP) is 0.921. The Labute approximate surface area is 111 Å². The summed E-state index contributed by atoms with van der Waals surface area (Å²) in [6, 6.07) is 2.56. The highest BCUT2D eigenvalue weighted by molar-refractivity contribution is 7.89. The molecule has 0 radical (unpaired) electrons. The number of aldehydes is 1. The summed E-state index contributed by atoms with van der Waals surface area (Å²) >= 11 is 0. The molecule has 6 nitrogen and oxygen atoms in total. The number of hydrogen-bond donors (Lipinski definition) is 2. The van der Waals surface area contributed by atoms with E-state index in [2.05, 4.69) is 4.72 Å². The zero-order valence-corrected chi connectivity index (χ0v) is 11.2. The summed E-state index contributed by atoms with van der Waals surface area (Å²) in [5, 5.41) is 9.27. The Bertz CT molecular complexity index is 536. The van der Waals surface area contributed by atoms with E-state index in [1.807, 2.05) is 0 Å². The van der Waals surface area contributed by atoms with E-state index in [0.29, 0.717) is 12.7 Å². The van der Waals surface area contributed by atoms with Gasteiger partial charge in [0.2, 0.25) is 5.09 Å². The van der Waals surface area contributed by atoms with Gasteiger partial charge in [-0.05, 0) is 37.3 Å². The fraction of sp³-hybridized carbons (Fsp3) is 0.583. The van der Waals surface area contributed by atoms with E-state index in [-0.39, 0.29) is 29.4 Å². The average Bonchev–Trinajstić information content (AvgIpc) is 2.86. The highest BCUT2D eigenvalue weighted by atomic mass is 32.2. The van der Waals surface area contributed by atoms with Gasteiger partial charge in [-0.3, -0.25) is 4.79 Å². The second kappa shape index (κ2) is 5.85. The molecule has 0 aromatic carbocycles. The zero-order valence-electron chi connectivity index (χ0n) is 10.4. The normalized spacial score (nSPS) is 24.3. The van der Waals surface area contributed by atoms with Crippen molar-refractivity contribution in [1.82, 2.24) is 4.72 Å². The molecular formula is C12H17NO5S. The summed E-state index contributed by atoms with van der Waals surface area (Å²) in [4.78, 5) is 10.5. The molecule has 1 aliphatic carbocycles. The smallest absolute Gasteiger partial charge is 0.273 e. The molecule has 106 valence electrons. The fourth-order valence-electron chi connectivity index (χ4n) is 2.29. The van der Waals surface area contributed by atoms with Crippen molar-refractivity contribution in [2.75, 3.05) is 6.54 Å². The van der Waals surface area contributed by atoms with Crippen molar-refractivity contribution in [2.45, 2.75) is 36.9 Å². The molecule has 1 heterocycles. The van der Waals surface area contributed by atoms with Gasteiger partial charge in [0.05, 0.1) is 6.10 Å². The molecule has 0 bridgehead atoms. The highest BCUT2D eigenvalue weighted by Crippen LogP contribution is 2.24. The number of aliphatic hydroxyl groups excluding tert-OH is 1. The van der Waals surface area contributed by atoms with Gasteiger partial charge in [-0.25, -0.2) is 13.1 Å². The Morgan fingerprint density at radius 1 is 1.42 bits per heavy atom. The van der Waals surface area contributed by atoms with Crippen LogP contribution < -0.4 is 4.72 Å². The number of carbonyl (C=O) groups excluding carboxylic acids is 1. The van der Waals surface area contributed by atoms with E-state index in [9.17, 15) is 18.3 Å². The number of hydrogen-bond acceptors (Lipinski definition) is 5. The Morgan fingerprint density at radius 3 is 2.84 bits per heavy atom. The molecule has 7 heteroatoms. The van der Waals surface area contributed by atoms with Crippen LogP contribution in [0.15, 0.2) is 21.6 Å². The summed E-state index contributed by atoms with van der Waals surface area (Å²) in [6.45, 7) is 0.274. The molecule has 19 heavy (non-hydrogen) atoms. The zero-order chi connectivity index (χ0) is 13.9. The third-order valence-electron chi connectivity index (χ3n) is 3.30. The molecule has 1 fully saturated rings. The minimum absolute atomic E-state index is 0.0199. The molecule has 2 N–H and O–H groups in total. The van der Waals surface area contributed by atoms with Gasteiger partial charge < -0.3 is 9.52 Å². The summed E-state index contributed by atoms with van der Waals surface area (Å²) in [6.07, 6.45) is 3.32. The minimum atomic E-state index is -3.72. The van der Waals surface area contributed by atoms with Crippen molar-refractivity contribution in [3.05, 3.63) is 17.9 Å². The van der Waals surface area contributed by atoms with E-state index in [1.165, 1.54) is 12.1 Å². The monoisotopic (exact) mass is 287 g/mol.